The average molecular weight is 321 g/mol. The van der Waals surface area contributed by atoms with Crippen molar-refractivity contribution in [2.75, 3.05) is 44.2 Å². The van der Waals surface area contributed by atoms with Crippen LogP contribution in [0, 0.1) is 12.8 Å². The minimum atomic E-state index is 0.770. The third-order valence-electron chi connectivity index (χ3n) is 4.34. The molecular formula is C19H36N4. The molecule has 0 saturated carbocycles. The Balaban J connectivity index is 0.00000127. The van der Waals surface area contributed by atoms with Crippen LogP contribution in [0.2, 0.25) is 0 Å². The van der Waals surface area contributed by atoms with Crippen LogP contribution in [0.3, 0.4) is 0 Å². The van der Waals surface area contributed by atoms with Crippen molar-refractivity contribution < 1.29 is 0 Å². The first kappa shape index (κ1) is 19.9. The average Bonchev–Trinajstić information content (AvgIpc) is 2.59. The van der Waals surface area contributed by atoms with E-state index < -0.39 is 0 Å². The number of nitrogens with zero attached hydrogens (tertiary/aromatic N) is 3. The monoisotopic (exact) mass is 320 g/mol. The Morgan fingerprint density at radius 3 is 2.43 bits per heavy atom. The molecule has 0 amide bonds. The molecule has 4 heteroatoms. The van der Waals surface area contributed by atoms with E-state index in [9.17, 15) is 0 Å². The molecule has 1 fully saturated rings. The molecule has 4 nitrogen and oxygen atoms in total. The van der Waals surface area contributed by atoms with Crippen LogP contribution in [0.5, 0.6) is 0 Å². The molecule has 0 bridgehead atoms. The molecule has 0 aromatic carbocycles. The Bertz CT molecular complexity index is 390. The zero-order chi connectivity index (χ0) is 17.1. The van der Waals surface area contributed by atoms with Crippen molar-refractivity contribution >= 4 is 5.82 Å². The van der Waals surface area contributed by atoms with Crippen LogP contribution >= 0.6 is 0 Å². The van der Waals surface area contributed by atoms with E-state index in [1.54, 1.807) is 0 Å². The molecule has 0 spiro atoms. The maximum atomic E-state index is 5.72. The first-order chi connectivity index (χ1) is 11.2. The lowest BCUT2D eigenvalue weighted by Gasteiger charge is -2.35. The fraction of sp³-hybridized carbons (Fsp3) is 0.737. The highest BCUT2D eigenvalue weighted by molar-refractivity contribution is 5.39. The number of aromatic nitrogens is 1. The van der Waals surface area contributed by atoms with E-state index in [0.717, 1.165) is 37.9 Å². The van der Waals surface area contributed by atoms with Crippen molar-refractivity contribution in [3.63, 3.8) is 0 Å². The van der Waals surface area contributed by atoms with Crippen LogP contribution in [-0.2, 0) is 0 Å². The molecular weight excluding hydrogens is 284 g/mol. The summed E-state index contributed by atoms with van der Waals surface area (Å²) in [6.07, 6.45) is 5.71. The summed E-state index contributed by atoms with van der Waals surface area (Å²) in [4.78, 5) is 9.50. The molecule has 1 aromatic heterocycles. The lowest BCUT2D eigenvalue weighted by molar-refractivity contribution is 0.216. The largest absolute Gasteiger partial charge is 0.357 e. The number of aryl methyl sites for hydroxylation is 1. The topological polar surface area (TPSA) is 45.4 Å². The number of piperidine rings is 1. The summed E-state index contributed by atoms with van der Waals surface area (Å²) >= 11 is 0. The van der Waals surface area contributed by atoms with Gasteiger partial charge in [0.1, 0.15) is 5.82 Å². The minimum absolute atomic E-state index is 0.770. The Labute approximate surface area is 143 Å². The first-order valence-electron chi connectivity index (χ1n) is 9.33. The maximum absolute atomic E-state index is 5.72. The van der Waals surface area contributed by atoms with Gasteiger partial charge < -0.3 is 15.5 Å². The van der Waals surface area contributed by atoms with Gasteiger partial charge in [0.05, 0.1) is 0 Å². The van der Waals surface area contributed by atoms with Gasteiger partial charge in [-0.2, -0.15) is 0 Å². The Kier molecular flexibility index (Phi) is 9.88. The maximum Gasteiger partial charge on any atom is 0.128 e. The molecule has 0 aliphatic carbocycles. The summed E-state index contributed by atoms with van der Waals surface area (Å²) in [6.45, 7) is 14.8. The highest BCUT2D eigenvalue weighted by atomic mass is 15.2. The van der Waals surface area contributed by atoms with Gasteiger partial charge in [-0.3, -0.25) is 0 Å². The lowest BCUT2D eigenvalue weighted by atomic mass is 9.96. The number of rotatable bonds is 7. The molecule has 0 unspecified atom stereocenters. The van der Waals surface area contributed by atoms with E-state index >= 15 is 0 Å². The molecule has 1 saturated heterocycles. The lowest BCUT2D eigenvalue weighted by Crippen LogP contribution is -2.40. The summed E-state index contributed by atoms with van der Waals surface area (Å²) in [5, 5.41) is 0. The van der Waals surface area contributed by atoms with Crippen molar-refractivity contribution in [3.8, 4) is 0 Å². The van der Waals surface area contributed by atoms with Gasteiger partial charge in [0.2, 0.25) is 0 Å². The Morgan fingerprint density at radius 1 is 1.22 bits per heavy atom. The second kappa shape index (κ2) is 11.4. The Hall–Kier alpha value is -1.13. The van der Waals surface area contributed by atoms with E-state index in [1.807, 2.05) is 20.0 Å². The zero-order valence-electron chi connectivity index (χ0n) is 15.6. The fourth-order valence-electron chi connectivity index (χ4n) is 3.15. The van der Waals surface area contributed by atoms with E-state index in [-0.39, 0.29) is 0 Å². The standard InChI is InChI=1S/C17H30N4.C2H6/c1-3-9-20(12-8-18)14-16-6-10-21(11-7-16)17-5-4-15(2)13-19-17;1-2/h4-5,13,16H,3,6-12,14,18H2,1-2H3;1-2H3. The van der Waals surface area contributed by atoms with Crippen molar-refractivity contribution in [1.29, 1.82) is 0 Å². The molecule has 23 heavy (non-hydrogen) atoms. The van der Waals surface area contributed by atoms with Gasteiger partial charge in [-0.05, 0) is 50.3 Å². The molecule has 132 valence electrons. The van der Waals surface area contributed by atoms with Crippen LogP contribution < -0.4 is 10.6 Å². The third kappa shape index (κ3) is 6.88. The second-order valence-electron chi connectivity index (χ2n) is 6.21. The summed E-state index contributed by atoms with van der Waals surface area (Å²) in [5.74, 6) is 1.94. The smallest absolute Gasteiger partial charge is 0.128 e. The second-order valence-corrected chi connectivity index (χ2v) is 6.21. The van der Waals surface area contributed by atoms with Gasteiger partial charge in [-0.15, -0.1) is 0 Å². The molecule has 0 radical (unpaired) electrons. The predicted octanol–water partition coefficient (Wildman–Crippen LogP) is 3.30. The van der Waals surface area contributed by atoms with Gasteiger partial charge in [0.25, 0.3) is 0 Å². The molecule has 1 aliphatic heterocycles. The van der Waals surface area contributed by atoms with Crippen molar-refractivity contribution in [2.24, 2.45) is 11.7 Å². The number of nitrogens with two attached hydrogens (primary N) is 1. The van der Waals surface area contributed by atoms with Crippen LogP contribution in [0.4, 0.5) is 5.82 Å². The highest BCUT2D eigenvalue weighted by Gasteiger charge is 2.21. The highest BCUT2D eigenvalue weighted by Crippen LogP contribution is 2.22. The molecule has 0 atom stereocenters. The van der Waals surface area contributed by atoms with Crippen molar-refractivity contribution in [2.45, 2.75) is 47.0 Å². The summed E-state index contributed by atoms with van der Waals surface area (Å²) in [5.41, 5.74) is 6.94. The van der Waals surface area contributed by atoms with Gasteiger partial charge in [0, 0.05) is 38.9 Å². The summed E-state index contributed by atoms with van der Waals surface area (Å²) in [6, 6.07) is 4.30. The number of hydrogen-bond acceptors (Lipinski definition) is 4. The fourth-order valence-corrected chi connectivity index (χ4v) is 3.15. The predicted molar refractivity (Wildman–Crippen MR) is 101 cm³/mol. The molecule has 2 heterocycles. The molecule has 1 aromatic rings. The van der Waals surface area contributed by atoms with Crippen LogP contribution in [0.15, 0.2) is 18.3 Å². The number of anilines is 1. The van der Waals surface area contributed by atoms with Gasteiger partial charge >= 0.3 is 0 Å². The van der Waals surface area contributed by atoms with Gasteiger partial charge in [-0.25, -0.2) is 4.98 Å². The van der Waals surface area contributed by atoms with Crippen LogP contribution in [0.1, 0.15) is 45.6 Å². The minimum Gasteiger partial charge on any atom is -0.357 e. The SMILES string of the molecule is CC.CCCN(CCN)CC1CCN(c2ccc(C)cn2)CC1. The summed E-state index contributed by atoms with van der Waals surface area (Å²) in [7, 11) is 0. The van der Waals surface area contributed by atoms with E-state index in [4.69, 9.17) is 5.73 Å². The Morgan fingerprint density at radius 2 is 1.91 bits per heavy atom. The third-order valence-corrected chi connectivity index (χ3v) is 4.34. The zero-order valence-corrected chi connectivity index (χ0v) is 15.6. The molecule has 2 N–H and O–H groups in total. The first-order valence-corrected chi connectivity index (χ1v) is 9.33. The van der Waals surface area contributed by atoms with E-state index in [1.165, 1.54) is 37.9 Å². The van der Waals surface area contributed by atoms with Gasteiger partial charge in [-0.1, -0.05) is 26.8 Å². The molecule has 1 aliphatic rings. The van der Waals surface area contributed by atoms with Gasteiger partial charge in [0.15, 0.2) is 0 Å². The van der Waals surface area contributed by atoms with Crippen LogP contribution in [-0.4, -0.2) is 49.2 Å². The van der Waals surface area contributed by atoms with Crippen molar-refractivity contribution in [3.05, 3.63) is 23.9 Å². The molecule has 2 rings (SSSR count). The van der Waals surface area contributed by atoms with E-state index in [2.05, 4.69) is 40.8 Å². The van der Waals surface area contributed by atoms with Crippen molar-refractivity contribution in [1.82, 2.24) is 9.88 Å². The quantitative estimate of drug-likeness (QED) is 0.837. The van der Waals surface area contributed by atoms with E-state index in [0.29, 0.717) is 0 Å². The van der Waals surface area contributed by atoms with Crippen LogP contribution in [0.25, 0.3) is 0 Å². The number of hydrogen-bond donors (Lipinski definition) is 1. The number of pyridine rings is 1. The summed E-state index contributed by atoms with van der Waals surface area (Å²) < 4.78 is 0. The normalized spacial score (nSPS) is 15.5.